The Kier molecular flexibility index (Phi) is 6.35. The number of sulfonamides is 1. The number of likely N-dealkylation sites (N-methyl/N-ethyl adjacent to an activating group) is 1. The van der Waals surface area contributed by atoms with Crippen molar-refractivity contribution in [2.75, 3.05) is 19.6 Å². The third-order valence-corrected chi connectivity index (χ3v) is 3.52. The van der Waals surface area contributed by atoms with E-state index >= 15 is 0 Å². The molecule has 1 aromatic carbocycles. The van der Waals surface area contributed by atoms with E-state index in [4.69, 9.17) is 11.6 Å². The molecule has 18 heavy (non-hydrogen) atoms. The van der Waals surface area contributed by atoms with Gasteiger partial charge in [-0.2, -0.15) is 0 Å². The van der Waals surface area contributed by atoms with Crippen LogP contribution >= 0.6 is 11.6 Å². The van der Waals surface area contributed by atoms with Crippen LogP contribution in [0.5, 0.6) is 0 Å². The molecule has 0 unspecified atom stereocenters. The van der Waals surface area contributed by atoms with Crippen LogP contribution in [0.2, 0.25) is 5.02 Å². The fraction of sp³-hybridized carbons (Fsp3) is 0.333. The van der Waals surface area contributed by atoms with Gasteiger partial charge < -0.3 is 5.32 Å². The topological polar surface area (TPSA) is 58.2 Å². The van der Waals surface area contributed by atoms with Gasteiger partial charge in [0.2, 0.25) is 10.0 Å². The van der Waals surface area contributed by atoms with Crippen molar-refractivity contribution in [3.05, 3.63) is 40.3 Å². The van der Waals surface area contributed by atoms with E-state index in [2.05, 4.69) is 10.0 Å². The molecule has 0 aliphatic carbocycles. The zero-order valence-electron chi connectivity index (χ0n) is 10.2. The Morgan fingerprint density at radius 1 is 1.22 bits per heavy atom. The molecule has 0 heterocycles. The molecule has 4 nitrogen and oxygen atoms in total. The first-order valence-corrected chi connectivity index (χ1v) is 7.60. The molecule has 0 radical (unpaired) electrons. The fourth-order valence-corrected chi connectivity index (χ4v) is 2.19. The summed E-state index contributed by atoms with van der Waals surface area (Å²) < 4.78 is 25.6. The molecule has 0 aliphatic rings. The molecule has 0 bridgehead atoms. The van der Waals surface area contributed by atoms with Gasteiger partial charge in [-0.25, -0.2) is 13.1 Å². The highest BCUT2D eigenvalue weighted by molar-refractivity contribution is 7.92. The second-order valence-corrected chi connectivity index (χ2v) is 5.73. The van der Waals surface area contributed by atoms with Crippen molar-refractivity contribution in [1.82, 2.24) is 10.0 Å². The monoisotopic (exact) mass is 288 g/mol. The number of nitrogens with one attached hydrogen (secondary N) is 2. The molecule has 0 aliphatic heterocycles. The summed E-state index contributed by atoms with van der Waals surface area (Å²) in [5.74, 6) is 0. The summed E-state index contributed by atoms with van der Waals surface area (Å²) in [7, 11) is -3.37. The largest absolute Gasteiger partial charge is 0.316 e. The molecule has 0 spiro atoms. The van der Waals surface area contributed by atoms with E-state index in [9.17, 15) is 8.42 Å². The lowest BCUT2D eigenvalue weighted by Gasteiger charge is -2.03. The van der Waals surface area contributed by atoms with Gasteiger partial charge in [0.25, 0.3) is 0 Å². The van der Waals surface area contributed by atoms with Crippen molar-refractivity contribution in [2.24, 2.45) is 0 Å². The van der Waals surface area contributed by atoms with E-state index in [1.165, 1.54) is 6.08 Å². The molecule has 1 rings (SSSR count). The van der Waals surface area contributed by atoms with Crippen LogP contribution in [0.25, 0.3) is 6.08 Å². The van der Waals surface area contributed by atoms with Crippen LogP contribution in [-0.4, -0.2) is 28.1 Å². The van der Waals surface area contributed by atoms with Crippen molar-refractivity contribution in [1.29, 1.82) is 0 Å². The zero-order chi connectivity index (χ0) is 13.4. The first kappa shape index (κ1) is 15.2. The van der Waals surface area contributed by atoms with Gasteiger partial charge in [0.1, 0.15) is 0 Å². The van der Waals surface area contributed by atoms with Crippen molar-refractivity contribution in [3.63, 3.8) is 0 Å². The number of benzene rings is 1. The minimum Gasteiger partial charge on any atom is -0.316 e. The zero-order valence-corrected chi connectivity index (χ0v) is 11.8. The minimum atomic E-state index is -3.37. The lowest BCUT2D eigenvalue weighted by atomic mass is 10.2. The summed E-state index contributed by atoms with van der Waals surface area (Å²) in [4.78, 5) is 0. The number of rotatable bonds is 7. The number of hydrogen-bond acceptors (Lipinski definition) is 3. The van der Waals surface area contributed by atoms with Gasteiger partial charge in [-0.1, -0.05) is 30.7 Å². The average Bonchev–Trinajstić information content (AvgIpc) is 2.34. The van der Waals surface area contributed by atoms with Crippen LogP contribution in [0.4, 0.5) is 0 Å². The second-order valence-electron chi connectivity index (χ2n) is 3.65. The molecule has 0 saturated heterocycles. The molecule has 2 N–H and O–H groups in total. The van der Waals surface area contributed by atoms with E-state index < -0.39 is 10.0 Å². The maximum atomic E-state index is 11.6. The predicted octanol–water partition coefficient (Wildman–Crippen LogP) is 1.84. The van der Waals surface area contributed by atoms with Crippen LogP contribution in [0.15, 0.2) is 29.7 Å². The summed E-state index contributed by atoms with van der Waals surface area (Å²) >= 11 is 5.74. The van der Waals surface area contributed by atoms with Crippen molar-refractivity contribution < 1.29 is 8.42 Å². The molecule has 0 aromatic heterocycles. The van der Waals surface area contributed by atoms with Gasteiger partial charge in [0, 0.05) is 23.5 Å². The Balaban J connectivity index is 2.51. The highest BCUT2D eigenvalue weighted by atomic mass is 35.5. The SMILES string of the molecule is CCNCCNS(=O)(=O)C=Cc1ccc(Cl)cc1. The molecule has 100 valence electrons. The molecular formula is C12H17ClN2O2S. The standard InChI is InChI=1S/C12H17ClN2O2S/c1-2-14-8-9-15-18(16,17)10-7-11-3-5-12(13)6-4-11/h3-7,10,14-15H,2,8-9H2,1H3. The van der Waals surface area contributed by atoms with E-state index in [0.29, 0.717) is 18.1 Å². The van der Waals surface area contributed by atoms with E-state index in [0.717, 1.165) is 17.5 Å². The van der Waals surface area contributed by atoms with E-state index in [1.807, 2.05) is 6.92 Å². The summed E-state index contributed by atoms with van der Waals surface area (Å²) in [5, 5.41) is 4.81. The maximum absolute atomic E-state index is 11.6. The van der Waals surface area contributed by atoms with Crippen molar-refractivity contribution in [2.45, 2.75) is 6.92 Å². The molecule has 0 amide bonds. The Hall–Kier alpha value is -0.880. The molecule has 1 aromatic rings. The molecule has 0 fully saturated rings. The highest BCUT2D eigenvalue weighted by Crippen LogP contribution is 2.10. The van der Waals surface area contributed by atoms with Gasteiger partial charge in [-0.05, 0) is 30.3 Å². The van der Waals surface area contributed by atoms with Crippen molar-refractivity contribution >= 4 is 27.7 Å². The maximum Gasteiger partial charge on any atom is 0.233 e. The van der Waals surface area contributed by atoms with Crippen LogP contribution in [-0.2, 0) is 10.0 Å². The predicted molar refractivity (Wildman–Crippen MR) is 76.0 cm³/mol. The third kappa shape index (κ3) is 6.16. The summed E-state index contributed by atoms with van der Waals surface area (Å²) in [6.07, 6.45) is 1.53. The summed E-state index contributed by atoms with van der Waals surface area (Å²) in [6.45, 7) is 3.78. The number of halogens is 1. The third-order valence-electron chi connectivity index (χ3n) is 2.16. The highest BCUT2D eigenvalue weighted by Gasteiger charge is 2.03. The lowest BCUT2D eigenvalue weighted by Crippen LogP contribution is -2.30. The van der Waals surface area contributed by atoms with Crippen molar-refractivity contribution in [3.8, 4) is 0 Å². The Morgan fingerprint density at radius 3 is 2.50 bits per heavy atom. The van der Waals surface area contributed by atoms with Crippen LogP contribution in [0, 0.1) is 0 Å². The second kappa shape index (κ2) is 7.53. The molecule has 0 saturated carbocycles. The summed E-state index contributed by atoms with van der Waals surface area (Å²) in [6, 6.07) is 6.94. The first-order chi connectivity index (χ1) is 8.53. The van der Waals surface area contributed by atoms with Crippen LogP contribution in [0.1, 0.15) is 12.5 Å². The average molecular weight is 289 g/mol. The Morgan fingerprint density at radius 2 is 1.89 bits per heavy atom. The lowest BCUT2D eigenvalue weighted by molar-refractivity contribution is 0.586. The Bertz CT molecular complexity index is 483. The normalized spacial score (nSPS) is 12.1. The van der Waals surface area contributed by atoms with E-state index in [-0.39, 0.29) is 0 Å². The van der Waals surface area contributed by atoms with Crippen LogP contribution < -0.4 is 10.0 Å². The minimum absolute atomic E-state index is 0.376. The van der Waals surface area contributed by atoms with Gasteiger partial charge in [-0.15, -0.1) is 0 Å². The smallest absolute Gasteiger partial charge is 0.233 e. The quantitative estimate of drug-likeness (QED) is 0.753. The fourth-order valence-electron chi connectivity index (χ4n) is 1.25. The number of hydrogen-bond donors (Lipinski definition) is 2. The van der Waals surface area contributed by atoms with Gasteiger partial charge in [0.05, 0.1) is 0 Å². The van der Waals surface area contributed by atoms with Crippen LogP contribution in [0.3, 0.4) is 0 Å². The van der Waals surface area contributed by atoms with Gasteiger partial charge >= 0.3 is 0 Å². The molecular weight excluding hydrogens is 272 g/mol. The first-order valence-electron chi connectivity index (χ1n) is 5.67. The Labute approximate surface area is 113 Å². The molecule has 0 atom stereocenters. The summed E-state index contributed by atoms with van der Waals surface area (Å²) in [5.41, 5.74) is 0.788. The van der Waals surface area contributed by atoms with Gasteiger partial charge in [-0.3, -0.25) is 0 Å². The molecule has 6 heteroatoms. The van der Waals surface area contributed by atoms with Gasteiger partial charge in [0.15, 0.2) is 0 Å². The van der Waals surface area contributed by atoms with E-state index in [1.54, 1.807) is 24.3 Å².